The van der Waals surface area contributed by atoms with Crippen LogP contribution >= 0.6 is 0 Å². The molecule has 0 fully saturated rings. The van der Waals surface area contributed by atoms with Crippen molar-refractivity contribution in [3.8, 4) is 0 Å². The number of urea groups is 1. The summed E-state index contributed by atoms with van der Waals surface area (Å²) in [5, 5.41) is 14.3. The van der Waals surface area contributed by atoms with Gasteiger partial charge in [0.15, 0.2) is 0 Å². The van der Waals surface area contributed by atoms with Crippen molar-refractivity contribution >= 4 is 12.0 Å². The molecule has 0 saturated heterocycles. The highest BCUT2D eigenvalue weighted by Crippen LogP contribution is 2.14. The lowest BCUT2D eigenvalue weighted by atomic mass is 9.97. The second kappa shape index (κ2) is 11.5. The maximum atomic E-state index is 11.7. The van der Waals surface area contributed by atoms with Gasteiger partial charge in [0, 0.05) is 20.1 Å². The minimum atomic E-state index is -0.764. The SMILES string of the molecule is CCC(CCNC(=O)NC(CC)COC)CCC(=O)O. The number of carbonyl (C=O) groups excluding carboxylic acids is 1. The predicted octanol–water partition coefficient (Wildman–Crippen LogP) is 1.99. The quantitative estimate of drug-likeness (QED) is 0.542. The van der Waals surface area contributed by atoms with Gasteiger partial charge >= 0.3 is 12.0 Å². The van der Waals surface area contributed by atoms with E-state index < -0.39 is 5.97 Å². The molecule has 6 heteroatoms. The molecule has 20 heavy (non-hydrogen) atoms. The van der Waals surface area contributed by atoms with Gasteiger partial charge in [0.2, 0.25) is 0 Å². The molecular formula is C14H28N2O4. The number of hydrogen-bond acceptors (Lipinski definition) is 3. The molecule has 0 heterocycles. The van der Waals surface area contributed by atoms with E-state index in [1.54, 1.807) is 7.11 Å². The summed E-state index contributed by atoms with van der Waals surface area (Å²) in [4.78, 5) is 22.2. The molecule has 0 aromatic rings. The Kier molecular flexibility index (Phi) is 10.8. The minimum Gasteiger partial charge on any atom is -0.481 e. The molecule has 0 aliphatic carbocycles. The van der Waals surface area contributed by atoms with Gasteiger partial charge in [-0.25, -0.2) is 4.79 Å². The van der Waals surface area contributed by atoms with Gasteiger partial charge in [-0.3, -0.25) is 4.79 Å². The van der Waals surface area contributed by atoms with Crippen LogP contribution in [0, 0.1) is 5.92 Å². The molecule has 3 N–H and O–H groups in total. The van der Waals surface area contributed by atoms with Crippen LogP contribution in [0.5, 0.6) is 0 Å². The number of carbonyl (C=O) groups is 2. The smallest absolute Gasteiger partial charge is 0.315 e. The fraction of sp³-hybridized carbons (Fsp3) is 0.857. The summed E-state index contributed by atoms with van der Waals surface area (Å²) in [7, 11) is 1.61. The second-order valence-corrected chi connectivity index (χ2v) is 4.96. The van der Waals surface area contributed by atoms with Crippen molar-refractivity contribution in [3.63, 3.8) is 0 Å². The van der Waals surface area contributed by atoms with Crippen LogP contribution in [0.25, 0.3) is 0 Å². The molecule has 0 spiro atoms. The van der Waals surface area contributed by atoms with E-state index in [0.717, 1.165) is 19.3 Å². The van der Waals surface area contributed by atoms with Crippen LogP contribution in [0.2, 0.25) is 0 Å². The molecule has 2 amide bonds. The molecule has 2 unspecified atom stereocenters. The molecule has 0 aliphatic heterocycles. The summed E-state index contributed by atoms with van der Waals surface area (Å²) in [6, 6.07) is -0.170. The number of amides is 2. The maximum absolute atomic E-state index is 11.7. The van der Waals surface area contributed by atoms with Gasteiger partial charge in [0.25, 0.3) is 0 Å². The number of ether oxygens (including phenoxy) is 1. The van der Waals surface area contributed by atoms with Gasteiger partial charge < -0.3 is 20.5 Å². The Bertz CT molecular complexity index is 284. The first-order chi connectivity index (χ1) is 9.53. The largest absolute Gasteiger partial charge is 0.481 e. The fourth-order valence-corrected chi connectivity index (χ4v) is 1.97. The highest BCUT2D eigenvalue weighted by atomic mass is 16.5. The Labute approximate surface area is 121 Å². The van der Waals surface area contributed by atoms with Crippen LogP contribution in [-0.2, 0) is 9.53 Å². The van der Waals surface area contributed by atoms with Gasteiger partial charge in [-0.15, -0.1) is 0 Å². The van der Waals surface area contributed by atoms with E-state index in [-0.39, 0.29) is 18.5 Å². The predicted molar refractivity (Wildman–Crippen MR) is 77.8 cm³/mol. The van der Waals surface area contributed by atoms with Crippen LogP contribution in [0.15, 0.2) is 0 Å². The molecule has 0 bridgehead atoms. The number of hydrogen-bond donors (Lipinski definition) is 3. The van der Waals surface area contributed by atoms with Gasteiger partial charge in [0.1, 0.15) is 0 Å². The third-order valence-corrected chi connectivity index (χ3v) is 3.38. The Morgan fingerprint density at radius 1 is 1.20 bits per heavy atom. The summed E-state index contributed by atoms with van der Waals surface area (Å²) in [5.41, 5.74) is 0. The summed E-state index contributed by atoms with van der Waals surface area (Å²) < 4.78 is 5.01. The number of nitrogens with one attached hydrogen (secondary N) is 2. The van der Waals surface area contributed by atoms with E-state index in [0.29, 0.717) is 25.5 Å². The third kappa shape index (κ3) is 9.61. The number of carboxylic acid groups (broad SMARTS) is 1. The van der Waals surface area contributed by atoms with E-state index in [4.69, 9.17) is 9.84 Å². The van der Waals surface area contributed by atoms with Crippen molar-refractivity contribution in [3.05, 3.63) is 0 Å². The van der Waals surface area contributed by atoms with Gasteiger partial charge in [-0.1, -0.05) is 20.3 Å². The zero-order chi connectivity index (χ0) is 15.4. The normalized spacial score (nSPS) is 13.6. The molecule has 118 valence electrons. The first-order valence-electron chi connectivity index (χ1n) is 7.28. The van der Waals surface area contributed by atoms with E-state index in [1.165, 1.54) is 0 Å². The number of aliphatic carboxylic acids is 1. The van der Waals surface area contributed by atoms with Gasteiger partial charge in [-0.2, -0.15) is 0 Å². The highest BCUT2D eigenvalue weighted by molar-refractivity contribution is 5.74. The van der Waals surface area contributed by atoms with Crippen LogP contribution in [0.1, 0.15) is 46.0 Å². The third-order valence-electron chi connectivity index (χ3n) is 3.38. The highest BCUT2D eigenvalue weighted by Gasteiger charge is 2.11. The molecule has 0 rings (SSSR count). The fourth-order valence-electron chi connectivity index (χ4n) is 1.97. The Morgan fingerprint density at radius 3 is 2.40 bits per heavy atom. The van der Waals surface area contributed by atoms with Crippen LogP contribution in [-0.4, -0.2) is 43.4 Å². The average Bonchev–Trinajstić information content (AvgIpc) is 2.41. The van der Waals surface area contributed by atoms with Gasteiger partial charge in [0.05, 0.1) is 12.6 Å². The second-order valence-electron chi connectivity index (χ2n) is 4.96. The van der Waals surface area contributed by atoms with Crippen molar-refractivity contribution < 1.29 is 19.4 Å². The van der Waals surface area contributed by atoms with Crippen molar-refractivity contribution in [1.29, 1.82) is 0 Å². The molecular weight excluding hydrogens is 260 g/mol. The monoisotopic (exact) mass is 288 g/mol. The molecule has 0 aromatic heterocycles. The first-order valence-corrected chi connectivity index (χ1v) is 7.28. The standard InChI is InChI=1S/C14H28N2O4/c1-4-11(6-7-13(17)18)8-9-15-14(19)16-12(5-2)10-20-3/h11-12H,4-10H2,1-3H3,(H,17,18)(H2,15,16,19). The summed E-state index contributed by atoms with van der Waals surface area (Å²) in [5.74, 6) is -0.424. The van der Waals surface area contributed by atoms with E-state index in [1.807, 2.05) is 13.8 Å². The molecule has 6 nitrogen and oxygen atoms in total. The van der Waals surface area contributed by atoms with Crippen molar-refractivity contribution in [2.24, 2.45) is 5.92 Å². The zero-order valence-electron chi connectivity index (χ0n) is 12.8. The van der Waals surface area contributed by atoms with Crippen molar-refractivity contribution in [2.45, 2.75) is 52.0 Å². The van der Waals surface area contributed by atoms with Crippen LogP contribution in [0.4, 0.5) is 4.79 Å². The van der Waals surface area contributed by atoms with E-state index in [9.17, 15) is 9.59 Å². The average molecular weight is 288 g/mol. The lowest BCUT2D eigenvalue weighted by molar-refractivity contribution is -0.137. The molecule has 0 radical (unpaired) electrons. The topological polar surface area (TPSA) is 87.7 Å². The number of carboxylic acids is 1. The van der Waals surface area contributed by atoms with Crippen LogP contribution in [0.3, 0.4) is 0 Å². The molecule has 0 aromatic carbocycles. The zero-order valence-corrected chi connectivity index (χ0v) is 12.8. The molecule has 0 aliphatic rings. The Balaban J connectivity index is 3.84. The van der Waals surface area contributed by atoms with Crippen LogP contribution < -0.4 is 10.6 Å². The van der Waals surface area contributed by atoms with Crippen molar-refractivity contribution in [1.82, 2.24) is 10.6 Å². The van der Waals surface area contributed by atoms with Crippen molar-refractivity contribution in [2.75, 3.05) is 20.3 Å². The van der Waals surface area contributed by atoms with E-state index in [2.05, 4.69) is 10.6 Å². The number of rotatable bonds is 11. The lowest BCUT2D eigenvalue weighted by Crippen LogP contribution is -2.44. The summed E-state index contributed by atoms with van der Waals surface area (Å²) in [6.45, 7) is 5.09. The van der Waals surface area contributed by atoms with E-state index >= 15 is 0 Å². The first kappa shape index (κ1) is 18.7. The Morgan fingerprint density at radius 2 is 1.90 bits per heavy atom. The van der Waals surface area contributed by atoms with Gasteiger partial charge in [-0.05, 0) is 25.2 Å². The summed E-state index contributed by atoms with van der Waals surface area (Å²) in [6.07, 6.45) is 3.40. The minimum absolute atomic E-state index is 0.0222. The number of methoxy groups -OCH3 is 1. The molecule has 2 atom stereocenters. The molecule has 0 saturated carbocycles. The lowest BCUT2D eigenvalue weighted by Gasteiger charge is -2.18. The summed E-state index contributed by atoms with van der Waals surface area (Å²) >= 11 is 0. The Hall–Kier alpha value is -1.30. The maximum Gasteiger partial charge on any atom is 0.315 e.